The maximum absolute atomic E-state index is 13.8. The summed E-state index contributed by atoms with van der Waals surface area (Å²) in [7, 11) is 1.79. The lowest BCUT2D eigenvalue weighted by atomic mass is 10.1. The molecule has 32 heavy (non-hydrogen) atoms. The third kappa shape index (κ3) is 5.79. The highest BCUT2D eigenvalue weighted by atomic mass is 19.1. The monoisotopic (exact) mass is 433 g/mol. The van der Waals surface area contributed by atoms with E-state index in [-0.39, 0.29) is 37.6 Å². The van der Waals surface area contributed by atoms with E-state index in [0.717, 1.165) is 0 Å². The Balaban J connectivity index is 1.70. The molecule has 0 spiro atoms. The first kappa shape index (κ1) is 22.7. The maximum Gasteiger partial charge on any atom is 0.227 e. The summed E-state index contributed by atoms with van der Waals surface area (Å²) >= 11 is 0. The van der Waals surface area contributed by atoms with Crippen molar-refractivity contribution in [3.8, 4) is 6.07 Å². The molecule has 1 heterocycles. The number of halogens is 1. The van der Waals surface area contributed by atoms with E-state index in [0.29, 0.717) is 17.1 Å². The van der Waals surface area contributed by atoms with Crippen molar-refractivity contribution in [2.75, 3.05) is 11.4 Å². The zero-order valence-electron chi connectivity index (χ0n) is 17.7. The van der Waals surface area contributed by atoms with E-state index in [4.69, 9.17) is 5.26 Å². The third-order valence-electron chi connectivity index (χ3n) is 4.99. The Bertz CT molecular complexity index is 1110. The predicted molar refractivity (Wildman–Crippen MR) is 118 cm³/mol. The summed E-state index contributed by atoms with van der Waals surface area (Å²) in [5, 5.41) is 11.8. The van der Waals surface area contributed by atoms with Crippen LogP contribution in [0, 0.1) is 17.1 Å². The average molecular weight is 433 g/mol. The van der Waals surface area contributed by atoms with Gasteiger partial charge in [-0.3, -0.25) is 9.59 Å². The second kappa shape index (κ2) is 10.9. The topological polar surface area (TPSA) is 91.0 Å². The van der Waals surface area contributed by atoms with Crippen molar-refractivity contribution in [1.29, 1.82) is 5.26 Å². The van der Waals surface area contributed by atoms with Gasteiger partial charge in [-0.1, -0.05) is 30.3 Å². The number of carbonyl (C=O) groups excluding carboxylic acids is 2. The first-order chi connectivity index (χ1) is 15.5. The zero-order chi connectivity index (χ0) is 22.9. The van der Waals surface area contributed by atoms with Crippen LogP contribution in [0.5, 0.6) is 0 Å². The Morgan fingerprint density at radius 3 is 2.62 bits per heavy atom. The molecular weight excluding hydrogens is 409 g/mol. The molecule has 1 unspecified atom stereocenters. The van der Waals surface area contributed by atoms with Crippen molar-refractivity contribution >= 4 is 17.5 Å². The molecule has 0 aliphatic carbocycles. The first-order valence-electron chi connectivity index (χ1n) is 10.2. The van der Waals surface area contributed by atoms with Gasteiger partial charge in [0, 0.05) is 44.5 Å². The standard InChI is InChI=1S/C24H24FN5O2/c1-29-16-14-27-24(29)23(18-7-5-8-19(25)17-18)28-21(31)11-12-22(32)30(15-6-13-26)20-9-3-2-4-10-20/h2-5,7-10,14,16-17,23H,6,11-12,15H2,1H3,(H,28,31). The Hall–Kier alpha value is -3.99. The number of nitrogens with zero attached hydrogens (tertiary/aromatic N) is 4. The number of amides is 2. The largest absolute Gasteiger partial charge is 0.342 e. The smallest absolute Gasteiger partial charge is 0.227 e. The van der Waals surface area contributed by atoms with Crippen LogP contribution in [0.15, 0.2) is 67.0 Å². The zero-order valence-corrected chi connectivity index (χ0v) is 17.7. The molecule has 8 heteroatoms. The van der Waals surface area contributed by atoms with E-state index in [1.165, 1.54) is 17.0 Å². The minimum Gasteiger partial charge on any atom is -0.342 e. The molecule has 164 valence electrons. The molecule has 0 fully saturated rings. The Morgan fingerprint density at radius 1 is 1.19 bits per heavy atom. The second-order valence-electron chi connectivity index (χ2n) is 7.24. The number of aryl methyl sites for hydroxylation is 1. The van der Waals surface area contributed by atoms with Crippen molar-refractivity contribution in [2.24, 2.45) is 7.05 Å². The molecule has 3 aromatic rings. The fraction of sp³-hybridized carbons (Fsp3) is 0.250. The fourth-order valence-electron chi connectivity index (χ4n) is 3.39. The van der Waals surface area contributed by atoms with E-state index < -0.39 is 11.9 Å². The average Bonchev–Trinajstić information content (AvgIpc) is 3.22. The number of hydrogen-bond donors (Lipinski definition) is 1. The predicted octanol–water partition coefficient (Wildman–Crippen LogP) is 3.49. The van der Waals surface area contributed by atoms with E-state index in [1.807, 2.05) is 24.3 Å². The van der Waals surface area contributed by atoms with Crippen molar-refractivity contribution < 1.29 is 14.0 Å². The summed E-state index contributed by atoms with van der Waals surface area (Å²) in [5.41, 5.74) is 1.23. The van der Waals surface area contributed by atoms with Gasteiger partial charge in [0.15, 0.2) is 0 Å². The number of nitriles is 1. The van der Waals surface area contributed by atoms with E-state index in [2.05, 4.69) is 10.3 Å². The third-order valence-corrected chi connectivity index (χ3v) is 4.99. The molecular formula is C24H24FN5O2. The molecule has 0 radical (unpaired) electrons. The van der Waals surface area contributed by atoms with Crippen molar-refractivity contribution in [1.82, 2.24) is 14.9 Å². The SMILES string of the molecule is Cn1ccnc1C(NC(=O)CCC(=O)N(CCC#N)c1ccccc1)c1cccc(F)c1. The summed E-state index contributed by atoms with van der Waals surface area (Å²) in [4.78, 5) is 31.3. The molecule has 2 aromatic carbocycles. The number of rotatable bonds is 9. The summed E-state index contributed by atoms with van der Waals surface area (Å²) in [5.74, 6) is -0.470. The first-order valence-corrected chi connectivity index (χ1v) is 10.2. The molecule has 1 N–H and O–H groups in total. The van der Waals surface area contributed by atoms with Gasteiger partial charge in [0.25, 0.3) is 0 Å². The van der Waals surface area contributed by atoms with Crippen LogP contribution in [0.4, 0.5) is 10.1 Å². The number of para-hydroxylation sites is 1. The van der Waals surface area contributed by atoms with Crippen LogP contribution in [-0.4, -0.2) is 27.9 Å². The van der Waals surface area contributed by atoms with E-state index >= 15 is 0 Å². The molecule has 0 aliphatic heterocycles. The normalized spacial score (nSPS) is 11.4. The van der Waals surface area contributed by atoms with Crippen molar-refractivity contribution in [2.45, 2.75) is 25.3 Å². The van der Waals surface area contributed by atoms with Crippen molar-refractivity contribution in [3.05, 3.63) is 84.2 Å². The minimum atomic E-state index is -0.655. The Morgan fingerprint density at radius 2 is 1.97 bits per heavy atom. The second-order valence-corrected chi connectivity index (χ2v) is 7.24. The number of carbonyl (C=O) groups is 2. The molecule has 1 aromatic heterocycles. The van der Waals surface area contributed by atoms with Crippen LogP contribution in [0.25, 0.3) is 0 Å². The number of imidazole rings is 1. The van der Waals surface area contributed by atoms with Crippen LogP contribution in [-0.2, 0) is 16.6 Å². The molecule has 0 saturated heterocycles. The van der Waals surface area contributed by atoms with Gasteiger partial charge in [0.1, 0.15) is 17.7 Å². The highest BCUT2D eigenvalue weighted by molar-refractivity contribution is 5.95. The van der Waals surface area contributed by atoms with Gasteiger partial charge in [-0.05, 0) is 29.8 Å². The quantitative estimate of drug-likeness (QED) is 0.559. The maximum atomic E-state index is 13.8. The lowest BCUT2D eigenvalue weighted by Gasteiger charge is -2.22. The lowest BCUT2D eigenvalue weighted by molar-refractivity contribution is -0.125. The highest BCUT2D eigenvalue weighted by Crippen LogP contribution is 2.22. The molecule has 0 bridgehead atoms. The van der Waals surface area contributed by atoms with Gasteiger partial charge in [-0.25, -0.2) is 9.37 Å². The van der Waals surface area contributed by atoms with Gasteiger partial charge >= 0.3 is 0 Å². The Kier molecular flexibility index (Phi) is 7.70. The molecule has 2 amide bonds. The van der Waals surface area contributed by atoms with Gasteiger partial charge in [-0.15, -0.1) is 0 Å². The van der Waals surface area contributed by atoms with Crippen LogP contribution in [0.1, 0.15) is 36.7 Å². The number of aromatic nitrogens is 2. The van der Waals surface area contributed by atoms with E-state index in [9.17, 15) is 14.0 Å². The fourth-order valence-corrected chi connectivity index (χ4v) is 3.39. The van der Waals surface area contributed by atoms with Crippen LogP contribution >= 0.6 is 0 Å². The van der Waals surface area contributed by atoms with Crippen LogP contribution in [0.3, 0.4) is 0 Å². The number of nitrogens with one attached hydrogen (secondary N) is 1. The van der Waals surface area contributed by atoms with Crippen molar-refractivity contribution in [3.63, 3.8) is 0 Å². The minimum absolute atomic E-state index is 0.0252. The summed E-state index contributed by atoms with van der Waals surface area (Å²) in [6.07, 6.45) is 3.45. The molecule has 1 atom stereocenters. The summed E-state index contributed by atoms with van der Waals surface area (Å²) in [6, 6.07) is 16.4. The number of hydrogen-bond acceptors (Lipinski definition) is 4. The lowest BCUT2D eigenvalue weighted by Crippen LogP contribution is -2.35. The molecule has 3 rings (SSSR count). The number of benzene rings is 2. The number of anilines is 1. The van der Waals surface area contributed by atoms with Gasteiger partial charge in [0.05, 0.1) is 12.5 Å². The van der Waals surface area contributed by atoms with Gasteiger partial charge in [0.2, 0.25) is 11.8 Å². The summed E-state index contributed by atoms with van der Waals surface area (Å²) < 4.78 is 15.5. The molecule has 0 saturated carbocycles. The molecule has 7 nitrogen and oxygen atoms in total. The summed E-state index contributed by atoms with van der Waals surface area (Å²) in [6.45, 7) is 0.250. The van der Waals surface area contributed by atoms with Gasteiger partial charge in [-0.2, -0.15) is 5.26 Å². The van der Waals surface area contributed by atoms with Gasteiger partial charge < -0.3 is 14.8 Å². The van der Waals surface area contributed by atoms with E-state index in [1.54, 1.807) is 48.3 Å². The van der Waals surface area contributed by atoms with Crippen LogP contribution < -0.4 is 10.2 Å². The highest BCUT2D eigenvalue weighted by Gasteiger charge is 2.22. The van der Waals surface area contributed by atoms with Crippen LogP contribution in [0.2, 0.25) is 0 Å². The molecule has 0 aliphatic rings. The Labute approximate surface area is 186 Å².